The van der Waals surface area contributed by atoms with Crippen LogP contribution in [-0.4, -0.2) is 25.6 Å². The van der Waals surface area contributed by atoms with Crippen LogP contribution in [0.15, 0.2) is 22.7 Å². The van der Waals surface area contributed by atoms with Gasteiger partial charge in [-0.3, -0.25) is 4.79 Å². The lowest BCUT2D eigenvalue weighted by Gasteiger charge is -2.23. The van der Waals surface area contributed by atoms with Crippen LogP contribution in [0.25, 0.3) is 0 Å². The smallest absolute Gasteiger partial charge is 0.341 e. The lowest BCUT2D eigenvalue weighted by Crippen LogP contribution is -2.22. The van der Waals surface area contributed by atoms with Crippen molar-refractivity contribution in [3.05, 3.63) is 44.2 Å². The number of methoxy groups -OCH3 is 1. The number of carbonyl (C=O) groups is 2. The van der Waals surface area contributed by atoms with Crippen LogP contribution in [0.4, 0.5) is 5.00 Å². The average molecular weight is 480 g/mol. The second-order valence-electron chi connectivity index (χ2n) is 8.13. The first-order valence-electron chi connectivity index (χ1n) is 9.66. The van der Waals surface area contributed by atoms with Crippen LogP contribution in [0.2, 0.25) is 0 Å². The number of anilines is 1. The number of rotatable bonds is 5. The summed E-state index contributed by atoms with van der Waals surface area (Å²) in [5.41, 5.74) is 2.41. The molecule has 1 heterocycles. The summed E-state index contributed by atoms with van der Waals surface area (Å²) in [5, 5.41) is 3.43. The summed E-state index contributed by atoms with van der Waals surface area (Å²) in [5.74, 6) is -0.0189. The number of hydrogen-bond donors (Lipinski definition) is 1. The maximum atomic E-state index is 12.6. The van der Waals surface area contributed by atoms with Gasteiger partial charge in [-0.15, -0.1) is 11.3 Å². The molecule has 0 radical (unpaired) electrons. The molecule has 7 heteroatoms. The fraction of sp³-hybridized carbons (Fsp3) is 0.455. The Balaban J connectivity index is 1.76. The van der Waals surface area contributed by atoms with Crippen molar-refractivity contribution >= 4 is 44.1 Å². The maximum absolute atomic E-state index is 12.6. The SMILES string of the molecule is COC(=O)c1c(NC(=O)COc2ccc(Br)cc2C(C)(C)C)sc2c1CCCC2. The third-order valence-electron chi connectivity index (χ3n) is 4.92. The summed E-state index contributed by atoms with van der Waals surface area (Å²) in [6.45, 7) is 6.16. The normalized spacial score (nSPS) is 13.6. The monoisotopic (exact) mass is 479 g/mol. The number of fused-ring (bicyclic) bond motifs is 1. The Morgan fingerprint density at radius 1 is 1.21 bits per heavy atom. The van der Waals surface area contributed by atoms with Gasteiger partial charge in [0.25, 0.3) is 5.91 Å². The third-order valence-corrected chi connectivity index (χ3v) is 6.62. The molecular weight excluding hydrogens is 454 g/mol. The molecule has 1 aliphatic rings. The van der Waals surface area contributed by atoms with E-state index in [9.17, 15) is 9.59 Å². The molecule has 0 bridgehead atoms. The minimum Gasteiger partial charge on any atom is -0.483 e. The van der Waals surface area contributed by atoms with E-state index in [0.717, 1.165) is 46.2 Å². The molecule has 0 unspecified atom stereocenters. The molecule has 0 fully saturated rings. The number of esters is 1. The van der Waals surface area contributed by atoms with Gasteiger partial charge in [0, 0.05) is 14.9 Å². The molecule has 1 aromatic heterocycles. The first-order valence-corrected chi connectivity index (χ1v) is 11.3. The van der Waals surface area contributed by atoms with E-state index in [1.165, 1.54) is 18.4 Å². The number of aryl methyl sites for hydroxylation is 1. The van der Waals surface area contributed by atoms with Crippen molar-refractivity contribution in [3.63, 3.8) is 0 Å². The van der Waals surface area contributed by atoms with Crippen molar-refractivity contribution < 1.29 is 19.1 Å². The molecule has 29 heavy (non-hydrogen) atoms. The fourth-order valence-electron chi connectivity index (χ4n) is 3.49. The largest absolute Gasteiger partial charge is 0.483 e. The van der Waals surface area contributed by atoms with E-state index < -0.39 is 5.97 Å². The summed E-state index contributed by atoms with van der Waals surface area (Å²) < 4.78 is 11.8. The first kappa shape index (κ1) is 21.8. The zero-order chi connectivity index (χ0) is 21.2. The highest BCUT2D eigenvalue weighted by Crippen LogP contribution is 2.38. The highest BCUT2D eigenvalue weighted by Gasteiger charge is 2.27. The van der Waals surface area contributed by atoms with E-state index in [1.807, 2.05) is 18.2 Å². The van der Waals surface area contributed by atoms with E-state index in [2.05, 4.69) is 42.0 Å². The summed E-state index contributed by atoms with van der Waals surface area (Å²) in [7, 11) is 1.37. The molecule has 2 aromatic rings. The van der Waals surface area contributed by atoms with Gasteiger partial charge < -0.3 is 14.8 Å². The number of nitrogens with one attached hydrogen (secondary N) is 1. The van der Waals surface area contributed by atoms with E-state index in [-0.39, 0.29) is 17.9 Å². The Labute approximate surface area is 183 Å². The molecule has 1 aliphatic carbocycles. The number of ether oxygens (including phenoxy) is 2. The van der Waals surface area contributed by atoms with Gasteiger partial charge in [0.2, 0.25) is 0 Å². The predicted octanol–water partition coefficient (Wildman–Crippen LogP) is 5.49. The summed E-state index contributed by atoms with van der Waals surface area (Å²) >= 11 is 4.96. The van der Waals surface area contributed by atoms with Crippen molar-refractivity contribution in [3.8, 4) is 5.75 Å². The standard InChI is InChI=1S/C22H26BrNO4S/c1-22(2,3)15-11-13(23)9-10-16(15)28-12-18(25)24-20-19(21(26)27-4)14-7-5-6-8-17(14)29-20/h9-11H,5-8,12H2,1-4H3,(H,24,25). The zero-order valence-electron chi connectivity index (χ0n) is 17.2. The van der Waals surface area contributed by atoms with Crippen LogP contribution in [-0.2, 0) is 27.8 Å². The molecule has 0 saturated heterocycles. The van der Waals surface area contributed by atoms with Gasteiger partial charge in [-0.25, -0.2) is 4.79 Å². The number of benzene rings is 1. The minimum absolute atomic E-state index is 0.125. The minimum atomic E-state index is -0.399. The third kappa shape index (κ3) is 5.01. The molecule has 0 saturated carbocycles. The molecule has 156 valence electrons. The Hall–Kier alpha value is -1.86. The van der Waals surface area contributed by atoms with Crippen LogP contribution >= 0.6 is 27.3 Å². The predicted molar refractivity (Wildman–Crippen MR) is 119 cm³/mol. The van der Waals surface area contributed by atoms with Gasteiger partial charge in [0.1, 0.15) is 10.8 Å². The van der Waals surface area contributed by atoms with Crippen LogP contribution in [0.3, 0.4) is 0 Å². The lowest BCUT2D eigenvalue weighted by atomic mass is 9.86. The van der Waals surface area contributed by atoms with Gasteiger partial charge in [0.05, 0.1) is 12.7 Å². The molecule has 5 nitrogen and oxygen atoms in total. The second-order valence-corrected chi connectivity index (χ2v) is 10.2. The van der Waals surface area contributed by atoms with E-state index in [4.69, 9.17) is 9.47 Å². The molecular formula is C22H26BrNO4S. The van der Waals surface area contributed by atoms with Crippen molar-refractivity contribution in [1.29, 1.82) is 0 Å². The number of hydrogen-bond acceptors (Lipinski definition) is 5. The van der Waals surface area contributed by atoms with Crippen LogP contribution in [0.1, 0.15) is 60.0 Å². The van der Waals surface area contributed by atoms with Crippen molar-refractivity contribution in [2.45, 2.75) is 51.9 Å². The molecule has 0 aliphatic heterocycles. The number of carbonyl (C=O) groups excluding carboxylic acids is 2. The fourth-order valence-corrected chi connectivity index (χ4v) is 5.15. The van der Waals surface area contributed by atoms with Gasteiger partial charge in [-0.05, 0) is 54.9 Å². The van der Waals surface area contributed by atoms with E-state index in [0.29, 0.717) is 16.3 Å². The van der Waals surface area contributed by atoms with Crippen LogP contribution in [0, 0.1) is 0 Å². The zero-order valence-corrected chi connectivity index (χ0v) is 19.6. The molecule has 0 atom stereocenters. The highest BCUT2D eigenvalue weighted by atomic mass is 79.9. The van der Waals surface area contributed by atoms with Crippen molar-refractivity contribution in [1.82, 2.24) is 0 Å². The molecule has 1 amide bonds. The number of amides is 1. The van der Waals surface area contributed by atoms with Crippen LogP contribution in [0.5, 0.6) is 5.75 Å². The summed E-state index contributed by atoms with van der Waals surface area (Å²) in [6, 6.07) is 5.77. The summed E-state index contributed by atoms with van der Waals surface area (Å²) in [4.78, 5) is 26.1. The lowest BCUT2D eigenvalue weighted by molar-refractivity contribution is -0.118. The maximum Gasteiger partial charge on any atom is 0.341 e. The average Bonchev–Trinajstić information content (AvgIpc) is 3.03. The van der Waals surface area contributed by atoms with E-state index >= 15 is 0 Å². The van der Waals surface area contributed by atoms with Gasteiger partial charge >= 0.3 is 5.97 Å². The van der Waals surface area contributed by atoms with Gasteiger partial charge in [-0.2, -0.15) is 0 Å². The van der Waals surface area contributed by atoms with Crippen molar-refractivity contribution in [2.75, 3.05) is 19.0 Å². The number of halogens is 1. The Bertz CT molecular complexity index is 930. The molecule has 0 spiro atoms. The number of thiophene rings is 1. The van der Waals surface area contributed by atoms with Gasteiger partial charge in [-0.1, -0.05) is 36.7 Å². The summed E-state index contributed by atoms with van der Waals surface area (Å²) in [6.07, 6.45) is 3.92. The molecule has 1 N–H and O–H groups in total. The first-order chi connectivity index (χ1) is 13.7. The van der Waals surface area contributed by atoms with Crippen molar-refractivity contribution in [2.24, 2.45) is 0 Å². The highest BCUT2D eigenvalue weighted by molar-refractivity contribution is 9.10. The Morgan fingerprint density at radius 2 is 1.93 bits per heavy atom. The van der Waals surface area contributed by atoms with E-state index in [1.54, 1.807) is 0 Å². The topological polar surface area (TPSA) is 64.6 Å². The van der Waals surface area contributed by atoms with Gasteiger partial charge in [0.15, 0.2) is 6.61 Å². The molecule has 3 rings (SSSR count). The van der Waals surface area contributed by atoms with Crippen LogP contribution < -0.4 is 10.1 Å². The Kier molecular flexibility index (Phi) is 6.69. The molecule has 1 aromatic carbocycles. The Morgan fingerprint density at radius 3 is 2.62 bits per heavy atom. The quantitative estimate of drug-likeness (QED) is 0.575. The second kappa shape index (κ2) is 8.88.